The highest BCUT2D eigenvalue weighted by molar-refractivity contribution is 7.89. The van der Waals surface area contributed by atoms with E-state index in [-0.39, 0.29) is 17.4 Å². The first-order chi connectivity index (χ1) is 19.9. The average molecular weight is 593 g/mol. The number of aromatic nitrogens is 1. The molecular weight excluding hydrogens is 564 g/mol. The number of nitrogens with zero attached hydrogens (tertiary/aromatic N) is 3. The van der Waals surface area contributed by atoms with Gasteiger partial charge < -0.3 is 24.1 Å². The van der Waals surface area contributed by atoms with Crippen molar-refractivity contribution in [2.45, 2.75) is 11.4 Å². The van der Waals surface area contributed by atoms with Crippen molar-refractivity contribution in [2.24, 2.45) is 4.99 Å². The van der Waals surface area contributed by atoms with Crippen LogP contribution in [0.1, 0.15) is 5.56 Å². The van der Waals surface area contributed by atoms with Crippen molar-refractivity contribution in [3.05, 3.63) is 82.5 Å². The number of anilines is 1. The molecule has 0 radical (unpaired) electrons. The molecule has 0 aliphatic carbocycles. The van der Waals surface area contributed by atoms with Gasteiger partial charge in [0.1, 0.15) is 11.5 Å². The molecule has 2 aliphatic rings. The molecule has 6 rings (SSSR count). The van der Waals surface area contributed by atoms with Crippen molar-refractivity contribution in [1.29, 1.82) is 0 Å². The first kappa shape index (κ1) is 27.2. The number of thiazole rings is 1. The van der Waals surface area contributed by atoms with E-state index in [1.165, 1.54) is 15.6 Å². The Morgan fingerprint density at radius 3 is 2.51 bits per heavy atom. The predicted octanol–water partition coefficient (Wildman–Crippen LogP) is 3.86. The van der Waals surface area contributed by atoms with Gasteiger partial charge in [0.2, 0.25) is 10.0 Å². The molecule has 0 spiro atoms. The van der Waals surface area contributed by atoms with Gasteiger partial charge in [0.25, 0.3) is 5.91 Å². The molecular formula is C29H28N4O6S2. The van der Waals surface area contributed by atoms with E-state index in [0.29, 0.717) is 50.0 Å². The van der Waals surface area contributed by atoms with E-state index in [0.717, 1.165) is 27.4 Å². The first-order valence-electron chi connectivity index (χ1n) is 13.0. The van der Waals surface area contributed by atoms with Gasteiger partial charge in [-0.25, -0.2) is 13.4 Å². The Morgan fingerprint density at radius 2 is 1.78 bits per heavy atom. The molecule has 0 saturated carbocycles. The summed E-state index contributed by atoms with van der Waals surface area (Å²) in [6.07, 6.45) is 0. The van der Waals surface area contributed by atoms with Crippen LogP contribution in [0.4, 0.5) is 11.4 Å². The van der Waals surface area contributed by atoms with Gasteiger partial charge in [0.05, 0.1) is 48.8 Å². The molecule has 10 nitrogen and oxygen atoms in total. The minimum absolute atomic E-state index is 0.00215. The van der Waals surface area contributed by atoms with E-state index < -0.39 is 10.0 Å². The van der Waals surface area contributed by atoms with Crippen LogP contribution in [0.2, 0.25) is 0 Å². The highest BCUT2D eigenvalue weighted by Crippen LogP contribution is 2.33. The van der Waals surface area contributed by atoms with Crippen LogP contribution >= 0.6 is 11.3 Å². The zero-order chi connectivity index (χ0) is 28.4. The lowest BCUT2D eigenvalue weighted by Gasteiger charge is -2.26. The molecule has 41 heavy (non-hydrogen) atoms. The lowest BCUT2D eigenvalue weighted by molar-refractivity contribution is -0.118. The molecule has 4 aromatic rings. The second-order valence-electron chi connectivity index (χ2n) is 9.51. The van der Waals surface area contributed by atoms with Gasteiger partial charge in [0.15, 0.2) is 11.4 Å². The average Bonchev–Trinajstić information content (AvgIpc) is 3.39. The Kier molecular flexibility index (Phi) is 7.63. The van der Waals surface area contributed by atoms with Crippen LogP contribution in [-0.4, -0.2) is 63.2 Å². The molecule has 1 fully saturated rings. The number of nitrogens with one attached hydrogen (secondary N) is 1. The third kappa shape index (κ3) is 5.77. The van der Waals surface area contributed by atoms with Gasteiger partial charge in [-0.15, -0.1) is 11.3 Å². The summed E-state index contributed by atoms with van der Waals surface area (Å²) in [6.45, 7) is 2.01. The van der Waals surface area contributed by atoms with Crippen molar-refractivity contribution in [2.75, 3.05) is 45.3 Å². The van der Waals surface area contributed by atoms with Crippen molar-refractivity contribution in [1.82, 2.24) is 8.87 Å². The Bertz CT molecular complexity index is 1740. The molecule has 1 saturated heterocycles. The monoisotopic (exact) mass is 592 g/mol. The van der Waals surface area contributed by atoms with E-state index >= 15 is 0 Å². The van der Waals surface area contributed by atoms with Gasteiger partial charge in [-0.3, -0.25) is 4.79 Å². The number of morpholine rings is 1. The quantitative estimate of drug-likeness (QED) is 0.349. The maximum Gasteiger partial charge on any atom is 0.262 e. The molecule has 3 heterocycles. The lowest BCUT2D eigenvalue weighted by atomic mass is 10.1. The number of hydrogen-bond donors (Lipinski definition) is 1. The number of ether oxygens (including phenoxy) is 3. The zero-order valence-electron chi connectivity index (χ0n) is 22.3. The number of hydrogen-bond acceptors (Lipinski definition) is 8. The summed E-state index contributed by atoms with van der Waals surface area (Å²) in [6, 6.07) is 20.2. The van der Waals surface area contributed by atoms with Crippen LogP contribution in [0, 0.1) is 0 Å². The number of sulfonamides is 1. The molecule has 0 unspecified atom stereocenters. The summed E-state index contributed by atoms with van der Waals surface area (Å²) in [5, 5.41) is 4.89. The molecule has 1 N–H and O–H groups in total. The number of carbonyl (C=O) groups is 1. The van der Waals surface area contributed by atoms with Crippen molar-refractivity contribution in [3.8, 4) is 22.8 Å². The molecule has 1 aromatic heterocycles. The summed E-state index contributed by atoms with van der Waals surface area (Å²) < 4.78 is 45.8. The van der Waals surface area contributed by atoms with E-state index in [1.807, 2.05) is 47.8 Å². The summed E-state index contributed by atoms with van der Waals surface area (Å²) in [5.41, 5.74) is 4.12. The van der Waals surface area contributed by atoms with Gasteiger partial charge in [-0.05, 0) is 60.2 Å². The highest BCUT2D eigenvalue weighted by Gasteiger charge is 2.26. The number of amides is 1. The molecule has 212 valence electrons. The van der Waals surface area contributed by atoms with Crippen LogP contribution in [0.25, 0.3) is 11.3 Å². The molecule has 0 bridgehead atoms. The fourth-order valence-electron chi connectivity index (χ4n) is 4.70. The van der Waals surface area contributed by atoms with Gasteiger partial charge in [-0.2, -0.15) is 4.31 Å². The Morgan fingerprint density at radius 1 is 1.02 bits per heavy atom. The molecule has 3 aromatic carbocycles. The maximum absolute atomic E-state index is 13.0. The summed E-state index contributed by atoms with van der Waals surface area (Å²) in [4.78, 5) is 17.8. The summed E-state index contributed by atoms with van der Waals surface area (Å²) >= 11 is 1.48. The SMILES string of the molecule is COc1ccc(Cn2c(-c3ccc4c(c3)NC(=O)CO4)csc2=Nc2ccc(S(=O)(=O)N3CCOCC3)cc2)cc1. The molecule has 2 aliphatic heterocycles. The topological polar surface area (TPSA) is 111 Å². The predicted molar refractivity (Wildman–Crippen MR) is 155 cm³/mol. The largest absolute Gasteiger partial charge is 0.497 e. The number of methoxy groups -OCH3 is 1. The van der Waals surface area contributed by atoms with Gasteiger partial charge in [0, 0.05) is 24.0 Å². The fourth-order valence-corrected chi connectivity index (χ4v) is 7.03. The Hall–Kier alpha value is -3.97. The third-order valence-electron chi connectivity index (χ3n) is 6.87. The number of rotatable bonds is 7. The van der Waals surface area contributed by atoms with Gasteiger partial charge >= 0.3 is 0 Å². The minimum Gasteiger partial charge on any atom is -0.497 e. The van der Waals surface area contributed by atoms with Crippen molar-refractivity contribution >= 4 is 38.6 Å². The van der Waals surface area contributed by atoms with Crippen LogP contribution in [0.15, 0.2) is 82.0 Å². The lowest BCUT2D eigenvalue weighted by Crippen LogP contribution is -2.40. The summed E-state index contributed by atoms with van der Waals surface area (Å²) in [7, 11) is -1.96. The van der Waals surface area contributed by atoms with E-state index in [1.54, 1.807) is 31.4 Å². The molecule has 12 heteroatoms. The second-order valence-corrected chi connectivity index (χ2v) is 12.3. The standard InChI is InChI=1S/C29H28N4O6S2/c1-37-23-7-2-20(3-8-23)17-33-26(21-4-11-27-25(16-21)31-28(34)18-39-27)19-40-29(33)30-22-5-9-24(10-6-22)41(35,36)32-12-14-38-15-13-32/h2-11,16,19H,12-15,17-18H2,1H3,(H,31,34). The van der Waals surface area contributed by atoms with E-state index in [9.17, 15) is 13.2 Å². The summed E-state index contributed by atoms with van der Waals surface area (Å²) in [5.74, 6) is 1.20. The number of benzene rings is 3. The van der Waals surface area contributed by atoms with Crippen LogP contribution in [0.5, 0.6) is 11.5 Å². The normalized spacial score (nSPS) is 16.1. The first-order valence-corrected chi connectivity index (χ1v) is 15.3. The van der Waals surface area contributed by atoms with E-state index in [2.05, 4.69) is 9.88 Å². The van der Waals surface area contributed by atoms with E-state index in [4.69, 9.17) is 19.2 Å². The smallest absolute Gasteiger partial charge is 0.262 e. The zero-order valence-corrected chi connectivity index (χ0v) is 23.9. The Labute approximate surface area is 241 Å². The molecule has 1 amide bonds. The Balaban J connectivity index is 1.37. The second kappa shape index (κ2) is 11.5. The van der Waals surface area contributed by atoms with Gasteiger partial charge in [-0.1, -0.05) is 12.1 Å². The van der Waals surface area contributed by atoms with Crippen molar-refractivity contribution in [3.63, 3.8) is 0 Å². The molecule has 0 atom stereocenters. The van der Waals surface area contributed by atoms with Crippen molar-refractivity contribution < 1.29 is 27.4 Å². The van der Waals surface area contributed by atoms with Crippen LogP contribution < -0.4 is 19.6 Å². The number of carbonyl (C=O) groups excluding carboxylic acids is 1. The maximum atomic E-state index is 13.0. The fraction of sp³-hybridized carbons (Fsp3) is 0.241. The third-order valence-corrected chi connectivity index (χ3v) is 9.65. The minimum atomic E-state index is -3.59. The highest BCUT2D eigenvalue weighted by atomic mass is 32.2. The van der Waals surface area contributed by atoms with Crippen LogP contribution in [0.3, 0.4) is 0 Å². The number of fused-ring (bicyclic) bond motifs is 1. The van der Waals surface area contributed by atoms with Crippen LogP contribution in [-0.2, 0) is 26.1 Å².